The molecular weight excluding hydrogens is 306 g/mol. The van der Waals surface area contributed by atoms with E-state index >= 15 is 0 Å². The van der Waals surface area contributed by atoms with E-state index in [9.17, 15) is 14.4 Å². The average molecular weight is 323 g/mol. The van der Waals surface area contributed by atoms with Crippen molar-refractivity contribution in [2.45, 2.75) is 12.8 Å². The highest BCUT2D eigenvalue weighted by atomic mass is 16.2. The first-order valence-electron chi connectivity index (χ1n) is 7.78. The van der Waals surface area contributed by atoms with E-state index in [-0.39, 0.29) is 12.5 Å². The van der Waals surface area contributed by atoms with Crippen LogP contribution in [0.2, 0.25) is 0 Å². The van der Waals surface area contributed by atoms with Crippen molar-refractivity contribution in [2.75, 3.05) is 13.1 Å². The van der Waals surface area contributed by atoms with Gasteiger partial charge in [0.15, 0.2) is 0 Å². The summed E-state index contributed by atoms with van der Waals surface area (Å²) in [6, 6.07) is 12.3. The number of amides is 3. The fourth-order valence-corrected chi connectivity index (χ4v) is 2.63. The highest BCUT2D eigenvalue weighted by Crippen LogP contribution is 2.21. The summed E-state index contributed by atoms with van der Waals surface area (Å²) in [7, 11) is 0. The van der Waals surface area contributed by atoms with Crippen molar-refractivity contribution in [2.24, 2.45) is 0 Å². The molecule has 0 spiro atoms. The van der Waals surface area contributed by atoms with Crippen LogP contribution in [0.25, 0.3) is 0 Å². The molecule has 6 heteroatoms. The maximum Gasteiger partial charge on any atom is 0.262 e. The lowest BCUT2D eigenvalue weighted by Gasteiger charge is -2.13. The third-order valence-electron chi connectivity index (χ3n) is 3.84. The van der Waals surface area contributed by atoms with Gasteiger partial charge in [0.25, 0.3) is 11.8 Å². The zero-order valence-electron chi connectivity index (χ0n) is 13.1. The number of aromatic nitrogens is 1. The molecule has 2 heterocycles. The Morgan fingerprint density at radius 3 is 2.29 bits per heavy atom. The number of nitrogens with one attached hydrogen (secondary N) is 1. The standard InChI is InChI=1S/C18H17N3O3/c22-16(20-11-5-7-13-6-3-4-10-19-13)12-21-17(23)14-8-1-2-9-15(14)18(21)24/h1-4,6,8-10H,5,7,11-12H2,(H,20,22). The van der Waals surface area contributed by atoms with Gasteiger partial charge in [0.2, 0.25) is 5.91 Å². The zero-order valence-corrected chi connectivity index (χ0v) is 13.1. The predicted molar refractivity (Wildman–Crippen MR) is 87.4 cm³/mol. The van der Waals surface area contributed by atoms with Gasteiger partial charge in [0.1, 0.15) is 6.54 Å². The number of fused-ring (bicyclic) bond motifs is 1. The second-order valence-electron chi connectivity index (χ2n) is 5.52. The fourth-order valence-electron chi connectivity index (χ4n) is 2.63. The molecule has 24 heavy (non-hydrogen) atoms. The van der Waals surface area contributed by atoms with Gasteiger partial charge in [-0.15, -0.1) is 0 Å². The van der Waals surface area contributed by atoms with Crippen LogP contribution < -0.4 is 5.32 Å². The molecule has 0 unspecified atom stereocenters. The first-order valence-corrected chi connectivity index (χ1v) is 7.78. The summed E-state index contributed by atoms with van der Waals surface area (Å²) in [5, 5.41) is 2.73. The van der Waals surface area contributed by atoms with E-state index in [0.717, 1.165) is 23.4 Å². The molecule has 6 nitrogen and oxygen atoms in total. The minimum atomic E-state index is -0.417. The average Bonchev–Trinajstić information content (AvgIpc) is 2.85. The van der Waals surface area contributed by atoms with Gasteiger partial charge in [-0.05, 0) is 37.1 Å². The summed E-state index contributed by atoms with van der Waals surface area (Å²) in [5.74, 6) is -1.18. The van der Waals surface area contributed by atoms with E-state index < -0.39 is 11.8 Å². The molecule has 0 saturated carbocycles. The molecule has 1 N–H and O–H groups in total. The molecule has 1 aliphatic heterocycles. The van der Waals surface area contributed by atoms with Crippen LogP contribution in [0.5, 0.6) is 0 Å². The van der Waals surface area contributed by atoms with Crippen molar-refractivity contribution in [3.8, 4) is 0 Å². The van der Waals surface area contributed by atoms with E-state index in [1.165, 1.54) is 0 Å². The Kier molecular flexibility index (Phi) is 4.65. The lowest BCUT2D eigenvalue weighted by atomic mass is 10.1. The minimum Gasteiger partial charge on any atom is -0.355 e. The molecule has 3 amide bonds. The quantitative estimate of drug-likeness (QED) is 0.644. The number of carbonyl (C=O) groups is 3. The molecule has 0 bridgehead atoms. The molecule has 0 aliphatic carbocycles. The SMILES string of the molecule is O=C(CN1C(=O)c2ccccc2C1=O)NCCCc1ccccn1. The van der Waals surface area contributed by atoms with Gasteiger partial charge in [-0.2, -0.15) is 0 Å². The summed E-state index contributed by atoms with van der Waals surface area (Å²) < 4.78 is 0. The van der Waals surface area contributed by atoms with Crippen molar-refractivity contribution in [3.63, 3.8) is 0 Å². The zero-order chi connectivity index (χ0) is 16.9. The summed E-state index contributed by atoms with van der Waals surface area (Å²) >= 11 is 0. The molecule has 1 aliphatic rings. The number of rotatable bonds is 6. The summed E-state index contributed by atoms with van der Waals surface area (Å²) in [5.41, 5.74) is 1.67. The first-order chi connectivity index (χ1) is 11.7. The van der Waals surface area contributed by atoms with E-state index in [4.69, 9.17) is 0 Å². The number of carbonyl (C=O) groups excluding carboxylic acids is 3. The Hall–Kier alpha value is -3.02. The van der Waals surface area contributed by atoms with E-state index in [2.05, 4.69) is 10.3 Å². The van der Waals surface area contributed by atoms with Gasteiger partial charge < -0.3 is 5.32 Å². The van der Waals surface area contributed by atoms with Gasteiger partial charge in [0, 0.05) is 18.4 Å². The summed E-state index contributed by atoms with van der Waals surface area (Å²) in [6.45, 7) is 0.217. The molecule has 0 saturated heterocycles. The third kappa shape index (κ3) is 3.32. The monoisotopic (exact) mass is 323 g/mol. The number of aryl methyl sites for hydroxylation is 1. The van der Waals surface area contributed by atoms with Crippen molar-refractivity contribution < 1.29 is 14.4 Å². The molecule has 0 fully saturated rings. The van der Waals surface area contributed by atoms with Crippen LogP contribution in [0.1, 0.15) is 32.8 Å². The van der Waals surface area contributed by atoms with Crippen LogP contribution in [0.4, 0.5) is 0 Å². The highest BCUT2D eigenvalue weighted by molar-refractivity contribution is 6.22. The summed E-state index contributed by atoms with van der Waals surface area (Å²) in [4.78, 5) is 41.5. The first kappa shape index (κ1) is 15.9. The van der Waals surface area contributed by atoms with E-state index in [1.807, 2.05) is 18.2 Å². The maximum atomic E-state index is 12.2. The summed E-state index contributed by atoms with van der Waals surface area (Å²) in [6.07, 6.45) is 3.23. The van der Waals surface area contributed by atoms with Crippen LogP contribution in [-0.2, 0) is 11.2 Å². The van der Waals surface area contributed by atoms with Gasteiger partial charge in [-0.1, -0.05) is 18.2 Å². The molecule has 122 valence electrons. The number of hydrogen-bond acceptors (Lipinski definition) is 4. The molecule has 0 radical (unpaired) electrons. The maximum absolute atomic E-state index is 12.2. The normalized spacial score (nSPS) is 13.1. The predicted octanol–water partition coefficient (Wildman–Crippen LogP) is 1.43. The molecule has 1 aromatic carbocycles. The Labute approximate surface area is 139 Å². The van der Waals surface area contributed by atoms with Gasteiger partial charge in [-0.25, -0.2) is 0 Å². The number of nitrogens with zero attached hydrogens (tertiary/aromatic N) is 2. The Bertz CT molecular complexity index is 739. The fraction of sp³-hybridized carbons (Fsp3) is 0.222. The van der Waals surface area contributed by atoms with Crippen LogP contribution in [0.15, 0.2) is 48.7 Å². The van der Waals surface area contributed by atoms with Crippen LogP contribution in [-0.4, -0.2) is 40.7 Å². The number of benzene rings is 1. The molecule has 1 aromatic heterocycles. The van der Waals surface area contributed by atoms with Crippen molar-refractivity contribution in [1.82, 2.24) is 15.2 Å². The third-order valence-corrected chi connectivity index (χ3v) is 3.84. The van der Waals surface area contributed by atoms with Gasteiger partial charge in [-0.3, -0.25) is 24.3 Å². The lowest BCUT2D eigenvalue weighted by Crippen LogP contribution is -2.40. The van der Waals surface area contributed by atoms with Crippen LogP contribution in [0, 0.1) is 0 Å². The Morgan fingerprint density at radius 1 is 1.00 bits per heavy atom. The lowest BCUT2D eigenvalue weighted by molar-refractivity contribution is -0.121. The van der Waals surface area contributed by atoms with Crippen LogP contribution in [0.3, 0.4) is 0 Å². The van der Waals surface area contributed by atoms with Crippen molar-refractivity contribution in [3.05, 3.63) is 65.5 Å². The van der Waals surface area contributed by atoms with Crippen molar-refractivity contribution >= 4 is 17.7 Å². The Morgan fingerprint density at radius 2 is 1.67 bits per heavy atom. The number of hydrogen-bond donors (Lipinski definition) is 1. The van der Waals surface area contributed by atoms with Gasteiger partial charge in [0.05, 0.1) is 11.1 Å². The molecule has 2 aromatic rings. The largest absolute Gasteiger partial charge is 0.355 e. The molecular formula is C18H17N3O3. The molecule has 0 atom stereocenters. The van der Waals surface area contributed by atoms with Gasteiger partial charge >= 0.3 is 0 Å². The Balaban J connectivity index is 1.48. The highest BCUT2D eigenvalue weighted by Gasteiger charge is 2.36. The van der Waals surface area contributed by atoms with E-state index in [1.54, 1.807) is 30.5 Å². The number of imide groups is 1. The smallest absolute Gasteiger partial charge is 0.262 e. The second-order valence-corrected chi connectivity index (χ2v) is 5.52. The molecule has 3 rings (SSSR count). The number of pyridine rings is 1. The second kappa shape index (κ2) is 7.04. The van der Waals surface area contributed by atoms with Crippen LogP contribution >= 0.6 is 0 Å². The van der Waals surface area contributed by atoms with E-state index in [0.29, 0.717) is 17.7 Å². The van der Waals surface area contributed by atoms with Crippen molar-refractivity contribution in [1.29, 1.82) is 0 Å². The topological polar surface area (TPSA) is 79.4 Å². The minimum absolute atomic E-state index is 0.254.